The van der Waals surface area contributed by atoms with Gasteiger partial charge in [0.15, 0.2) is 6.10 Å². The third-order valence-electron chi connectivity index (χ3n) is 4.84. The molecule has 0 fully saturated rings. The molecule has 0 aliphatic rings. The Balaban J connectivity index is 1.62. The van der Waals surface area contributed by atoms with Crippen LogP contribution in [-0.4, -0.2) is 31.1 Å². The van der Waals surface area contributed by atoms with Gasteiger partial charge < -0.3 is 19.5 Å². The van der Waals surface area contributed by atoms with Gasteiger partial charge in [0.25, 0.3) is 5.91 Å². The molecule has 7 nitrogen and oxygen atoms in total. The van der Waals surface area contributed by atoms with Crippen LogP contribution in [0.1, 0.15) is 29.8 Å². The lowest BCUT2D eigenvalue weighted by atomic mass is 10.0. The molecule has 0 aliphatic carbocycles. The summed E-state index contributed by atoms with van der Waals surface area (Å²) in [6.07, 6.45) is -1.00. The van der Waals surface area contributed by atoms with Crippen LogP contribution in [0.3, 0.4) is 0 Å². The number of aryl methyl sites for hydroxylation is 1. The van der Waals surface area contributed by atoms with Crippen molar-refractivity contribution in [1.29, 1.82) is 0 Å². The summed E-state index contributed by atoms with van der Waals surface area (Å²) < 4.78 is 15.6. The van der Waals surface area contributed by atoms with Gasteiger partial charge in [-0.25, -0.2) is 4.79 Å². The Kier molecular flexibility index (Phi) is 7.46. The highest BCUT2D eigenvalue weighted by atomic mass is 16.5. The summed E-state index contributed by atoms with van der Waals surface area (Å²) in [5, 5.41) is 2.73. The van der Waals surface area contributed by atoms with E-state index in [0.717, 1.165) is 16.7 Å². The number of hydrogen-bond donors (Lipinski definition) is 1. The van der Waals surface area contributed by atoms with Crippen LogP contribution in [0, 0.1) is 6.92 Å². The predicted molar refractivity (Wildman–Crippen MR) is 124 cm³/mol. The molecular formula is C26H25NO6. The Morgan fingerprint density at radius 1 is 0.879 bits per heavy atom. The van der Waals surface area contributed by atoms with Crippen LogP contribution in [0.2, 0.25) is 0 Å². The molecule has 0 spiro atoms. The molecule has 3 aromatic rings. The van der Waals surface area contributed by atoms with Gasteiger partial charge in [-0.15, -0.1) is 0 Å². The van der Waals surface area contributed by atoms with Crippen LogP contribution < -0.4 is 14.8 Å². The van der Waals surface area contributed by atoms with Gasteiger partial charge in [0, 0.05) is 6.92 Å². The summed E-state index contributed by atoms with van der Waals surface area (Å²) in [5.41, 5.74) is 3.55. The third-order valence-corrected chi connectivity index (χ3v) is 4.84. The minimum Gasteiger partial charge on any atom is -0.495 e. The maximum Gasteiger partial charge on any atom is 0.338 e. The van der Waals surface area contributed by atoms with Crippen LogP contribution in [0.4, 0.5) is 5.69 Å². The van der Waals surface area contributed by atoms with Crippen molar-refractivity contribution >= 4 is 23.5 Å². The molecule has 1 atom stereocenters. The molecule has 1 amide bonds. The van der Waals surface area contributed by atoms with Crippen LogP contribution in [0.25, 0.3) is 11.1 Å². The Bertz CT molecular complexity index is 1150. The number of ether oxygens (including phenoxy) is 3. The number of esters is 2. The van der Waals surface area contributed by atoms with Crippen molar-refractivity contribution < 1.29 is 28.6 Å². The molecule has 7 heteroatoms. The van der Waals surface area contributed by atoms with Crippen molar-refractivity contribution in [2.24, 2.45) is 0 Å². The van der Waals surface area contributed by atoms with Crippen molar-refractivity contribution in [1.82, 2.24) is 0 Å². The number of carbonyl (C=O) groups is 3. The van der Waals surface area contributed by atoms with E-state index in [2.05, 4.69) is 5.32 Å². The molecule has 0 saturated heterocycles. The summed E-state index contributed by atoms with van der Waals surface area (Å²) in [4.78, 5) is 36.1. The molecule has 1 N–H and O–H groups in total. The van der Waals surface area contributed by atoms with Crippen LogP contribution in [0.15, 0.2) is 66.7 Å². The van der Waals surface area contributed by atoms with Crippen molar-refractivity contribution in [3.8, 4) is 22.6 Å². The summed E-state index contributed by atoms with van der Waals surface area (Å²) in [5.74, 6) is -0.472. The minimum atomic E-state index is -1.00. The molecule has 170 valence electrons. The lowest BCUT2D eigenvalue weighted by Gasteiger charge is -2.16. The van der Waals surface area contributed by atoms with Gasteiger partial charge in [0.05, 0.1) is 18.4 Å². The first kappa shape index (κ1) is 23.5. The van der Waals surface area contributed by atoms with E-state index in [1.54, 1.807) is 48.5 Å². The lowest BCUT2D eigenvalue weighted by molar-refractivity contribution is -0.131. The lowest BCUT2D eigenvalue weighted by Crippen LogP contribution is -2.30. The predicted octanol–water partition coefficient (Wildman–Crippen LogP) is 4.78. The Morgan fingerprint density at radius 3 is 2.06 bits per heavy atom. The quantitative estimate of drug-likeness (QED) is 0.414. The van der Waals surface area contributed by atoms with E-state index in [1.807, 2.05) is 25.1 Å². The first-order valence-electron chi connectivity index (χ1n) is 10.3. The number of benzene rings is 3. The molecule has 0 radical (unpaired) electrons. The zero-order valence-corrected chi connectivity index (χ0v) is 18.9. The second-order valence-corrected chi connectivity index (χ2v) is 7.44. The van der Waals surface area contributed by atoms with Gasteiger partial charge in [-0.1, -0.05) is 30.3 Å². The summed E-state index contributed by atoms with van der Waals surface area (Å²) in [7, 11) is 1.52. The molecule has 0 saturated carbocycles. The van der Waals surface area contributed by atoms with Gasteiger partial charge in [-0.05, 0) is 66.9 Å². The fourth-order valence-corrected chi connectivity index (χ4v) is 3.12. The molecule has 0 bridgehead atoms. The summed E-state index contributed by atoms with van der Waals surface area (Å²) in [6, 6.07) is 19.3. The highest BCUT2D eigenvalue weighted by Gasteiger charge is 2.20. The fraction of sp³-hybridized carbons (Fsp3) is 0.192. The van der Waals surface area contributed by atoms with E-state index >= 15 is 0 Å². The summed E-state index contributed by atoms with van der Waals surface area (Å²) >= 11 is 0. The van der Waals surface area contributed by atoms with Crippen molar-refractivity contribution in [2.45, 2.75) is 26.9 Å². The molecule has 33 heavy (non-hydrogen) atoms. The van der Waals surface area contributed by atoms with Crippen LogP contribution in [-0.2, 0) is 14.3 Å². The van der Waals surface area contributed by atoms with Gasteiger partial charge in [0.1, 0.15) is 11.5 Å². The number of rotatable bonds is 7. The van der Waals surface area contributed by atoms with Gasteiger partial charge in [-0.3, -0.25) is 9.59 Å². The smallest absolute Gasteiger partial charge is 0.338 e. The van der Waals surface area contributed by atoms with E-state index < -0.39 is 18.0 Å². The minimum absolute atomic E-state index is 0.322. The van der Waals surface area contributed by atoms with Gasteiger partial charge >= 0.3 is 11.9 Å². The standard InChI is InChI=1S/C26H25NO6/c1-16-5-14-24(31-4)23(15-16)27-25(29)17(2)32-26(30)21-8-6-19(7-9-21)20-10-12-22(13-11-20)33-18(3)28/h5-15,17H,1-4H3,(H,27,29). The van der Waals surface area contributed by atoms with Gasteiger partial charge in [-0.2, -0.15) is 0 Å². The first-order valence-corrected chi connectivity index (χ1v) is 10.3. The fourth-order valence-electron chi connectivity index (χ4n) is 3.12. The number of methoxy groups -OCH3 is 1. The van der Waals surface area contributed by atoms with Crippen molar-refractivity contribution in [3.63, 3.8) is 0 Å². The average Bonchev–Trinajstić information content (AvgIpc) is 2.79. The van der Waals surface area contributed by atoms with E-state index in [9.17, 15) is 14.4 Å². The largest absolute Gasteiger partial charge is 0.495 e. The van der Waals surface area contributed by atoms with Crippen LogP contribution >= 0.6 is 0 Å². The zero-order chi connectivity index (χ0) is 24.0. The average molecular weight is 447 g/mol. The molecule has 0 heterocycles. The topological polar surface area (TPSA) is 90.9 Å². The number of amides is 1. The molecule has 0 aromatic heterocycles. The number of anilines is 1. The van der Waals surface area contributed by atoms with E-state index in [-0.39, 0.29) is 5.97 Å². The maximum absolute atomic E-state index is 12.5. The molecule has 3 aromatic carbocycles. The molecule has 3 rings (SSSR count). The first-order chi connectivity index (χ1) is 15.8. The maximum atomic E-state index is 12.5. The molecule has 0 aliphatic heterocycles. The van der Waals surface area contributed by atoms with Crippen molar-refractivity contribution in [2.75, 3.05) is 12.4 Å². The summed E-state index contributed by atoms with van der Waals surface area (Å²) in [6.45, 7) is 4.75. The highest BCUT2D eigenvalue weighted by Crippen LogP contribution is 2.26. The monoisotopic (exact) mass is 447 g/mol. The zero-order valence-electron chi connectivity index (χ0n) is 18.9. The second-order valence-electron chi connectivity index (χ2n) is 7.44. The SMILES string of the molecule is COc1ccc(C)cc1NC(=O)C(C)OC(=O)c1ccc(-c2ccc(OC(C)=O)cc2)cc1. The van der Waals surface area contributed by atoms with Gasteiger partial charge in [0.2, 0.25) is 0 Å². The van der Waals surface area contributed by atoms with Crippen molar-refractivity contribution in [3.05, 3.63) is 77.9 Å². The van der Waals surface area contributed by atoms with E-state index in [0.29, 0.717) is 22.7 Å². The second kappa shape index (κ2) is 10.5. The molecular weight excluding hydrogens is 422 g/mol. The number of hydrogen-bond acceptors (Lipinski definition) is 6. The number of nitrogens with one attached hydrogen (secondary N) is 1. The van der Waals surface area contributed by atoms with E-state index in [4.69, 9.17) is 14.2 Å². The third kappa shape index (κ3) is 6.20. The Morgan fingerprint density at radius 2 is 1.48 bits per heavy atom. The Labute approximate surface area is 192 Å². The van der Waals surface area contributed by atoms with E-state index in [1.165, 1.54) is 21.0 Å². The number of carbonyl (C=O) groups excluding carboxylic acids is 3. The molecule has 1 unspecified atom stereocenters. The Hall–Kier alpha value is -4.13. The highest BCUT2D eigenvalue weighted by molar-refractivity contribution is 5.98. The normalized spacial score (nSPS) is 11.3. The van der Waals surface area contributed by atoms with Crippen LogP contribution in [0.5, 0.6) is 11.5 Å².